The summed E-state index contributed by atoms with van der Waals surface area (Å²) in [5.74, 6) is -0.962. The maximum atomic E-state index is 14.2. The average Bonchev–Trinajstić information content (AvgIpc) is 3.13. The van der Waals surface area contributed by atoms with Crippen LogP contribution < -0.4 is 14.2 Å². The summed E-state index contributed by atoms with van der Waals surface area (Å²) in [6.45, 7) is 4.19. The van der Waals surface area contributed by atoms with Gasteiger partial charge in [-0.2, -0.15) is 0 Å². The number of carboxylic acid groups (broad SMARTS) is 1. The molecule has 34 heavy (non-hydrogen) atoms. The third-order valence-electron chi connectivity index (χ3n) is 4.98. The summed E-state index contributed by atoms with van der Waals surface area (Å²) >= 11 is 0. The van der Waals surface area contributed by atoms with Gasteiger partial charge in [0.2, 0.25) is 5.88 Å². The van der Waals surface area contributed by atoms with Gasteiger partial charge in [-0.05, 0) is 38.8 Å². The van der Waals surface area contributed by atoms with Gasteiger partial charge >= 0.3 is 5.97 Å². The molecule has 3 aromatic rings. The minimum atomic E-state index is -0.965. The number of carbonyl (C=O) groups is 1. The summed E-state index contributed by atoms with van der Waals surface area (Å²) in [6.07, 6.45) is 0.850. The van der Waals surface area contributed by atoms with Crippen LogP contribution in [-0.2, 0) is 24.2 Å². The molecule has 0 aliphatic heterocycles. The van der Waals surface area contributed by atoms with E-state index in [-0.39, 0.29) is 19.1 Å². The molecule has 0 saturated heterocycles. The lowest BCUT2D eigenvalue weighted by molar-refractivity contribution is -0.136. The smallest absolute Gasteiger partial charge is 0.307 e. The molecular weight excluding hydrogens is 446 g/mol. The highest BCUT2D eigenvalue weighted by Gasteiger charge is 2.15. The minimum absolute atomic E-state index is 0.0831. The first-order chi connectivity index (χ1) is 16.3. The molecule has 1 heterocycles. The molecule has 1 N–H and O–H groups in total. The molecule has 9 heteroatoms. The van der Waals surface area contributed by atoms with Crippen LogP contribution in [0.5, 0.6) is 17.4 Å². The zero-order valence-electron chi connectivity index (χ0n) is 19.4. The number of rotatable bonds is 12. The number of halogens is 2. The van der Waals surface area contributed by atoms with E-state index in [4.69, 9.17) is 19.3 Å². The number of hydrogen-bond acceptors (Lipinski definition) is 5. The second-order valence-corrected chi connectivity index (χ2v) is 8.00. The maximum absolute atomic E-state index is 14.2. The Balaban J connectivity index is 1.72. The second kappa shape index (κ2) is 11.5. The highest BCUT2D eigenvalue weighted by atomic mass is 19.1. The normalized spacial score (nSPS) is 11.0. The SMILES string of the molecule is COc1cccc(CC(=O)O)c1OCCCc1cc(OC(C)C)nn1Cc1ccc(F)cc1F. The van der Waals surface area contributed by atoms with E-state index in [1.54, 1.807) is 28.9 Å². The molecule has 0 radical (unpaired) electrons. The van der Waals surface area contributed by atoms with Gasteiger partial charge in [0.15, 0.2) is 11.5 Å². The van der Waals surface area contributed by atoms with Crippen molar-refractivity contribution in [3.8, 4) is 17.4 Å². The van der Waals surface area contributed by atoms with Gasteiger partial charge in [-0.3, -0.25) is 9.48 Å². The first kappa shape index (κ1) is 25.0. The van der Waals surface area contributed by atoms with Gasteiger partial charge in [0.1, 0.15) is 11.6 Å². The lowest BCUT2D eigenvalue weighted by Crippen LogP contribution is -2.11. The number of aliphatic carboxylic acids is 1. The topological polar surface area (TPSA) is 82.8 Å². The first-order valence-corrected chi connectivity index (χ1v) is 10.9. The Kier molecular flexibility index (Phi) is 8.45. The number of aryl methyl sites for hydroxylation is 1. The predicted molar refractivity (Wildman–Crippen MR) is 122 cm³/mol. The van der Waals surface area contributed by atoms with Crippen molar-refractivity contribution in [2.75, 3.05) is 13.7 Å². The van der Waals surface area contributed by atoms with Crippen LogP contribution in [0.3, 0.4) is 0 Å². The van der Waals surface area contributed by atoms with Gasteiger partial charge in [0.05, 0.1) is 32.8 Å². The second-order valence-electron chi connectivity index (χ2n) is 8.00. The first-order valence-electron chi connectivity index (χ1n) is 10.9. The van der Waals surface area contributed by atoms with E-state index in [0.29, 0.717) is 48.0 Å². The van der Waals surface area contributed by atoms with Crippen molar-refractivity contribution < 1.29 is 32.9 Å². The molecule has 0 aliphatic carbocycles. The van der Waals surface area contributed by atoms with Crippen LogP contribution in [0.25, 0.3) is 0 Å². The standard InChI is InChI=1S/C25H28F2N2O5/c1-16(2)34-23-14-20(29(28-23)15-18-9-10-19(26)13-21(18)27)7-5-11-33-25-17(12-24(30)31)6-4-8-22(25)32-3/h4,6,8-10,13-14,16H,5,7,11-12,15H2,1-3H3,(H,30,31). The third kappa shape index (κ3) is 6.69. The Morgan fingerprint density at radius 2 is 1.94 bits per heavy atom. The number of methoxy groups -OCH3 is 1. The Morgan fingerprint density at radius 3 is 2.62 bits per heavy atom. The molecule has 7 nitrogen and oxygen atoms in total. The quantitative estimate of drug-likeness (QED) is 0.385. The summed E-state index contributed by atoms with van der Waals surface area (Å²) in [6, 6.07) is 10.4. The monoisotopic (exact) mass is 474 g/mol. The molecule has 2 aromatic carbocycles. The van der Waals surface area contributed by atoms with E-state index in [1.807, 2.05) is 13.8 Å². The summed E-state index contributed by atoms with van der Waals surface area (Å²) in [5, 5.41) is 13.6. The fraction of sp³-hybridized carbons (Fsp3) is 0.360. The number of aromatic nitrogens is 2. The van der Waals surface area contributed by atoms with Crippen molar-refractivity contribution in [2.24, 2.45) is 0 Å². The fourth-order valence-corrected chi connectivity index (χ4v) is 3.49. The van der Waals surface area contributed by atoms with Crippen LogP contribution in [0.2, 0.25) is 0 Å². The number of para-hydroxylation sites is 1. The largest absolute Gasteiger partial charge is 0.493 e. The predicted octanol–water partition coefficient (Wildman–Crippen LogP) is 4.64. The van der Waals surface area contributed by atoms with Crippen LogP contribution in [0.15, 0.2) is 42.5 Å². The molecule has 0 bridgehead atoms. The summed E-state index contributed by atoms with van der Waals surface area (Å²) in [4.78, 5) is 11.2. The van der Waals surface area contributed by atoms with Crippen LogP contribution >= 0.6 is 0 Å². The van der Waals surface area contributed by atoms with E-state index in [1.165, 1.54) is 19.2 Å². The van der Waals surface area contributed by atoms with Crippen molar-refractivity contribution in [1.29, 1.82) is 0 Å². The van der Waals surface area contributed by atoms with E-state index in [9.17, 15) is 13.6 Å². The molecule has 3 rings (SSSR count). The van der Waals surface area contributed by atoms with Crippen molar-refractivity contribution in [3.63, 3.8) is 0 Å². The molecular formula is C25H28F2N2O5. The number of carboxylic acids is 1. The summed E-state index contributed by atoms with van der Waals surface area (Å²) in [5.41, 5.74) is 1.63. The Labute approximate surface area is 196 Å². The molecule has 0 fully saturated rings. The lowest BCUT2D eigenvalue weighted by Gasteiger charge is -2.14. The van der Waals surface area contributed by atoms with E-state index in [0.717, 1.165) is 11.8 Å². The van der Waals surface area contributed by atoms with E-state index in [2.05, 4.69) is 5.10 Å². The summed E-state index contributed by atoms with van der Waals surface area (Å²) in [7, 11) is 1.50. The zero-order chi connectivity index (χ0) is 24.7. The Morgan fingerprint density at radius 1 is 1.15 bits per heavy atom. The molecule has 0 saturated carbocycles. The van der Waals surface area contributed by atoms with Crippen molar-refractivity contribution in [3.05, 3.63) is 70.9 Å². The molecule has 0 amide bonds. The number of nitrogens with zero attached hydrogens (tertiary/aromatic N) is 2. The molecule has 0 spiro atoms. The number of ether oxygens (including phenoxy) is 3. The lowest BCUT2D eigenvalue weighted by atomic mass is 10.1. The fourth-order valence-electron chi connectivity index (χ4n) is 3.49. The van der Waals surface area contributed by atoms with Crippen molar-refractivity contribution >= 4 is 5.97 Å². The zero-order valence-corrected chi connectivity index (χ0v) is 19.4. The van der Waals surface area contributed by atoms with Gasteiger partial charge in [-0.25, -0.2) is 8.78 Å². The van der Waals surface area contributed by atoms with Crippen LogP contribution in [0.1, 0.15) is 37.1 Å². The van der Waals surface area contributed by atoms with Gasteiger partial charge in [0.25, 0.3) is 0 Å². The highest BCUT2D eigenvalue weighted by Crippen LogP contribution is 2.31. The van der Waals surface area contributed by atoms with Gasteiger partial charge in [0, 0.05) is 29.0 Å². The minimum Gasteiger partial charge on any atom is -0.493 e. The Bertz CT molecular complexity index is 1130. The molecule has 0 atom stereocenters. The molecule has 0 unspecified atom stereocenters. The number of benzene rings is 2. The molecule has 182 valence electrons. The van der Waals surface area contributed by atoms with Crippen molar-refractivity contribution in [1.82, 2.24) is 9.78 Å². The Hall–Kier alpha value is -3.62. The number of hydrogen-bond donors (Lipinski definition) is 1. The maximum Gasteiger partial charge on any atom is 0.307 e. The molecule has 1 aromatic heterocycles. The van der Waals surface area contributed by atoms with Crippen LogP contribution in [0.4, 0.5) is 8.78 Å². The molecule has 0 aliphatic rings. The third-order valence-corrected chi connectivity index (χ3v) is 4.98. The van der Waals surface area contributed by atoms with E-state index < -0.39 is 17.6 Å². The average molecular weight is 475 g/mol. The van der Waals surface area contributed by atoms with Crippen molar-refractivity contribution in [2.45, 2.75) is 45.8 Å². The summed E-state index contributed by atoms with van der Waals surface area (Å²) < 4.78 is 46.0. The van der Waals surface area contributed by atoms with Gasteiger partial charge in [-0.15, -0.1) is 5.10 Å². The van der Waals surface area contributed by atoms with Gasteiger partial charge in [-0.1, -0.05) is 18.2 Å². The van der Waals surface area contributed by atoms with E-state index >= 15 is 0 Å². The van der Waals surface area contributed by atoms with Gasteiger partial charge < -0.3 is 19.3 Å². The van der Waals surface area contributed by atoms with Crippen LogP contribution in [0, 0.1) is 11.6 Å². The van der Waals surface area contributed by atoms with Crippen LogP contribution in [-0.4, -0.2) is 40.7 Å². The highest BCUT2D eigenvalue weighted by molar-refractivity contribution is 5.72.